The van der Waals surface area contributed by atoms with Gasteiger partial charge in [-0.3, -0.25) is 9.59 Å². The van der Waals surface area contributed by atoms with Gasteiger partial charge in [-0.1, -0.05) is 12.5 Å². The van der Waals surface area contributed by atoms with Crippen molar-refractivity contribution in [3.63, 3.8) is 0 Å². The standard InChI is InChI=1S/C17H25N3O3/c1-3-20(17(22)14-8-5-9-15(14)18)11-16(21)19-12-6-4-7-13(10-12)23-2/h4,6-7,10,14-15H,3,5,8-9,11,18H2,1-2H3,(H,19,21). The van der Waals surface area contributed by atoms with Gasteiger partial charge in [-0.2, -0.15) is 0 Å². The molecule has 0 spiro atoms. The van der Waals surface area contributed by atoms with Gasteiger partial charge in [0.1, 0.15) is 5.75 Å². The van der Waals surface area contributed by atoms with Crippen LogP contribution in [0.1, 0.15) is 26.2 Å². The summed E-state index contributed by atoms with van der Waals surface area (Å²) >= 11 is 0. The van der Waals surface area contributed by atoms with Gasteiger partial charge in [0.2, 0.25) is 11.8 Å². The van der Waals surface area contributed by atoms with Crippen LogP contribution in [-0.2, 0) is 9.59 Å². The second-order valence-electron chi connectivity index (χ2n) is 5.83. The molecule has 6 heteroatoms. The molecule has 1 saturated carbocycles. The van der Waals surface area contributed by atoms with Crippen LogP contribution in [0.5, 0.6) is 5.75 Å². The molecule has 2 amide bonds. The fraction of sp³-hybridized carbons (Fsp3) is 0.529. The van der Waals surface area contributed by atoms with E-state index in [1.807, 2.05) is 6.92 Å². The van der Waals surface area contributed by atoms with Gasteiger partial charge in [0.15, 0.2) is 0 Å². The van der Waals surface area contributed by atoms with E-state index in [1.54, 1.807) is 36.3 Å². The Bertz CT molecular complexity index is 562. The summed E-state index contributed by atoms with van der Waals surface area (Å²) in [7, 11) is 1.57. The molecular weight excluding hydrogens is 294 g/mol. The molecule has 0 aliphatic heterocycles. The van der Waals surface area contributed by atoms with E-state index in [9.17, 15) is 9.59 Å². The van der Waals surface area contributed by atoms with Crippen molar-refractivity contribution in [1.82, 2.24) is 4.90 Å². The summed E-state index contributed by atoms with van der Waals surface area (Å²) in [5.74, 6) is 0.279. The molecule has 1 aliphatic carbocycles. The summed E-state index contributed by atoms with van der Waals surface area (Å²) in [4.78, 5) is 26.3. The molecule has 3 N–H and O–H groups in total. The number of rotatable bonds is 6. The van der Waals surface area contributed by atoms with E-state index in [1.165, 1.54) is 0 Å². The molecule has 6 nitrogen and oxygen atoms in total. The predicted molar refractivity (Wildman–Crippen MR) is 89.2 cm³/mol. The number of nitrogens with zero attached hydrogens (tertiary/aromatic N) is 1. The van der Waals surface area contributed by atoms with Crippen LogP contribution in [0.4, 0.5) is 5.69 Å². The number of nitrogens with two attached hydrogens (primary N) is 1. The Morgan fingerprint density at radius 1 is 1.39 bits per heavy atom. The highest BCUT2D eigenvalue weighted by Crippen LogP contribution is 2.26. The molecule has 0 heterocycles. The monoisotopic (exact) mass is 319 g/mol. The summed E-state index contributed by atoms with van der Waals surface area (Å²) < 4.78 is 5.13. The van der Waals surface area contributed by atoms with Crippen LogP contribution in [0, 0.1) is 5.92 Å². The summed E-state index contributed by atoms with van der Waals surface area (Å²) in [5.41, 5.74) is 6.65. The summed E-state index contributed by atoms with van der Waals surface area (Å²) in [6, 6.07) is 7.04. The lowest BCUT2D eigenvalue weighted by Crippen LogP contribution is -2.44. The first kappa shape index (κ1) is 17.3. The Morgan fingerprint density at radius 3 is 2.78 bits per heavy atom. The molecule has 2 unspecified atom stereocenters. The lowest BCUT2D eigenvalue weighted by molar-refractivity contribution is -0.138. The zero-order chi connectivity index (χ0) is 16.8. The number of nitrogens with one attached hydrogen (secondary N) is 1. The van der Waals surface area contributed by atoms with E-state index < -0.39 is 0 Å². The average molecular weight is 319 g/mol. The molecule has 1 aromatic carbocycles. The molecule has 0 aromatic heterocycles. The Kier molecular flexibility index (Phi) is 5.98. The molecule has 2 atom stereocenters. The third kappa shape index (κ3) is 4.45. The quantitative estimate of drug-likeness (QED) is 0.834. The van der Waals surface area contributed by atoms with Crippen molar-refractivity contribution in [2.45, 2.75) is 32.2 Å². The SMILES string of the molecule is CCN(CC(=O)Nc1cccc(OC)c1)C(=O)C1CCCC1N. The van der Waals surface area contributed by atoms with E-state index >= 15 is 0 Å². The maximum absolute atomic E-state index is 12.5. The van der Waals surface area contributed by atoms with Gasteiger partial charge in [0.05, 0.1) is 19.6 Å². The maximum Gasteiger partial charge on any atom is 0.243 e. The Balaban J connectivity index is 1.95. The third-order valence-electron chi connectivity index (χ3n) is 4.27. The molecule has 1 aliphatic rings. The molecule has 0 radical (unpaired) electrons. The van der Waals surface area contributed by atoms with Crippen LogP contribution in [0.3, 0.4) is 0 Å². The minimum Gasteiger partial charge on any atom is -0.497 e. The van der Waals surface area contributed by atoms with Crippen molar-refractivity contribution in [3.05, 3.63) is 24.3 Å². The molecule has 1 aromatic rings. The number of carbonyl (C=O) groups excluding carboxylic acids is 2. The highest BCUT2D eigenvalue weighted by Gasteiger charge is 2.33. The minimum atomic E-state index is -0.222. The van der Waals surface area contributed by atoms with E-state index in [0.29, 0.717) is 18.0 Å². The van der Waals surface area contributed by atoms with E-state index in [0.717, 1.165) is 19.3 Å². The van der Waals surface area contributed by atoms with E-state index in [2.05, 4.69) is 5.32 Å². The molecule has 0 bridgehead atoms. The number of benzene rings is 1. The average Bonchev–Trinajstić information content (AvgIpc) is 2.98. The molecule has 1 fully saturated rings. The number of methoxy groups -OCH3 is 1. The lowest BCUT2D eigenvalue weighted by atomic mass is 10.0. The van der Waals surface area contributed by atoms with E-state index in [-0.39, 0.29) is 30.3 Å². The minimum absolute atomic E-state index is 0.0155. The van der Waals surface area contributed by atoms with Crippen LogP contribution in [-0.4, -0.2) is 43.0 Å². The van der Waals surface area contributed by atoms with Crippen molar-refractivity contribution in [3.8, 4) is 5.75 Å². The van der Waals surface area contributed by atoms with E-state index in [4.69, 9.17) is 10.5 Å². The Hall–Kier alpha value is -2.08. The van der Waals surface area contributed by atoms with Crippen molar-refractivity contribution in [2.24, 2.45) is 11.7 Å². The first-order valence-corrected chi connectivity index (χ1v) is 8.03. The van der Waals surface area contributed by atoms with Crippen LogP contribution < -0.4 is 15.8 Å². The zero-order valence-electron chi connectivity index (χ0n) is 13.7. The fourth-order valence-electron chi connectivity index (χ4n) is 2.95. The number of carbonyl (C=O) groups is 2. The van der Waals surface area contributed by atoms with Crippen molar-refractivity contribution < 1.29 is 14.3 Å². The first-order chi connectivity index (χ1) is 11.0. The number of hydrogen-bond acceptors (Lipinski definition) is 4. The highest BCUT2D eigenvalue weighted by molar-refractivity contribution is 5.95. The van der Waals surface area contributed by atoms with Gasteiger partial charge in [-0.15, -0.1) is 0 Å². The van der Waals surface area contributed by atoms with Crippen LogP contribution in [0.15, 0.2) is 24.3 Å². The smallest absolute Gasteiger partial charge is 0.243 e. The van der Waals surface area contributed by atoms with Gasteiger partial charge < -0.3 is 20.7 Å². The van der Waals surface area contributed by atoms with Gasteiger partial charge >= 0.3 is 0 Å². The molecule has 2 rings (SSSR count). The van der Waals surface area contributed by atoms with Crippen molar-refractivity contribution in [1.29, 1.82) is 0 Å². The molecule has 126 valence electrons. The van der Waals surface area contributed by atoms with Crippen LogP contribution >= 0.6 is 0 Å². The largest absolute Gasteiger partial charge is 0.497 e. The Morgan fingerprint density at radius 2 is 2.17 bits per heavy atom. The van der Waals surface area contributed by atoms with Crippen LogP contribution in [0.25, 0.3) is 0 Å². The first-order valence-electron chi connectivity index (χ1n) is 8.03. The Labute approximate surface area is 137 Å². The van der Waals surface area contributed by atoms with Crippen LogP contribution in [0.2, 0.25) is 0 Å². The fourth-order valence-corrected chi connectivity index (χ4v) is 2.95. The van der Waals surface area contributed by atoms with Crippen molar-refractivity contribution >= 4 is 17.5 Å². The van der Waals surface area contributed by atoms with Gasteiger partial charge in [0, 0.05) is 24.3 Å². The number of hydrogen-bond donors (Lipinski definition) is 2. The summed E-state index contributed by atoms with van der Waals surface area (Å²) in [6.45, 7) is 2.40. The molecular formula is C17H25N3O3. The lowest BCUT2D eigenvalue weighted by Gasteiger charge is -2.25. The number of ether oxygens (including phenoxy) is 1. The summed E-state index contributed by atoms with van der Waals surface area (Å²) in [6.07, 6.45) is 2.67. The highest BCUT2D eigenvalue weighted by atomic mass is 16.5. The molecule has 23 heavy (non-hydrogen) atoms. The third-order valence-corrected chi connectivity index (χ3v) is 4.27. The second kappa shape index (κ2) is 7.97. The predicted octanol–water partition coefficient (Wildman–Crippen LogP) is 1.61. The number of amides is 2. The summed E-state index contributed by atoms with van der Waals surface area (Å²) in [5, 5.41) is 2.79. The van der Waals surface area contributed by atoms with Crippen molar-refractivity contribution in [2.75, 3.05) is 25.5 Å². The maximum atomic E-state index is 12.5. The van der Waals surface area contributed by atoms with Gasteiger partial charge in [-0.25, -0.2) is 0 Å². The molecule has 0 saturated heterocycles. The second-order valence-corrected chi connectivity index (χ2v) is 5.83. The zero-order valence-corrected chi connectivity index (χ0v) is 13.7. The topological polar surface area (TPSA) is 84.7 Å². The van der Waals surface area contributed by atoms with Gasteiger partial charge in [0.25, 0.3) is 0 Å². The normalized spacial score (nSPS) is 20.1. The van der Waals surface area contributed by atoms with Gasteiger partial charge in [-0.05, 0) is 31.9 Å². The number of likely N-dealkylation sites (N-methyl/N-ethyl adjacent to an activating group) is 1. The number of anilines is 1.